The molecule has 10 nitrogen and oxygen atoms in total. The molecule has 5 rings (SSSR count). The third-order valence-electron chi connectivity index (χ3n) is 5.66. The van der Waals surface area contributed by atoms with Crippen LogP contribution in [-0.4, -0.2) is 47.7 Å². The van der Waals surface area contributed by atoms with Crippen LogP contribution in [0.15, 0.2) is 55.0 Å². The first-order chi connectivity index (χ1) is 16.5. The fourth-order valence-corrected chi connectivity index (χ4v) is 3.97. The molecule has 0 saturated heterocycles. The molecule has 0 aromatic carbocycles. The molecule has 0 spiro atoms. The zero-order chi connectivity index (χ0) is 23.5. The van der Waals surface area contributed by atoms with E-state index in [0.717, 1.165) is 31.7 Å². The second-order valence-corrected chi connectivity index (χ2v) is 8.13. The smallest absolute Gasteiger partial charge is 0.276 e. The molecule has 11 heteroatoms. The minimum Gasteiger partial charge on any atom is -0.393 e. The van der Waals surface area contributed by atoms with E-state index in [0.29, 0.717) is 23.0 Å². The molecule has 4 heterocycles. The molecule has 1 aliphatic rings. The lowest BCUT2D eigenvalue weighted by Gasteiger charge is -2.26. The fraction of sp³-hybridized carbons (Fsp3) is 0.261. The lowest BCUT2D eigenvalue weighted by molar-refractivity contribution is 0.102. The number of halogens is 1. The van der Waals surface area contributed by atoms with Crippen LogP contribution in [0.2, 0.25) is 0 Å². The van der Waals surface area contributed by atoms with Gasteiger partial charge in [-0.3, -0.25) is 4.79 Å². The lowest BCUT2D eigenvalue weighted by atomic mass is 9.93. The van der Waals surface area contributed by atoms with Gasteiger partial charge in [0.25, 0.3) is 5.91 Å². The summed E-state index contributed by atoms with van der Waals surface area (Å²) >= 11 is 0. The normalized spacial score (nSPS) is 17.9. The molecule has 34 heavy (non-hydrogen) atoms. The number of carbonyl (C=O) groups is 1. The van der Waals surface area contributed by atoms with Gasteiger partial charge in [-0.15, -0.1) is 5.10 Å². The predicted octanol–water partition coefficient (Wildman–Crippen LogP) is 3.37. The van der Waals surface area contributed by atoms with Crippen LogP contribution in [0.5, 0.6) is 0 Å². The van der Waals surface area contributed by atoms with Crippen molar-refractivity contribution in [3.8, 4) is 0 Å². The summed E-state index contributed by atoms with van der Waals surface area (Å²) in [4.78, 5) is 25.2. The molecule has 0 radical (unpaired) electrons. The van der Waals surface area contributed by atoms with Gasteiger partial charge in [0.2, 0.25) is 5.95 Å². The second kappa shape index (κ2) is 9.40. The summed E-state index contributed by atoms with van der Waals surface area (Å²) in [5.41, 5.74) is 1.50. The van der Waals surface area contributed by atoms with Crippen molar-refractivity contribution in [2.75, 3.05) is 16.0 Å². The topological polar surface area (TPSA) is 129 Å². The number of hydrogen-bond donors (Lipinski definition) is 4. The van der Waals surface area contributed by atoms with Gasteiger partial charge in [0.05, 0.1) is 18.0 Å². The second-order valence-electron chi connectivity index (χ2n) is 8.13. The van der Waals surface area contributed by atoms with E-state index >= 15 is 0 Å². The molecule has 0 aliphatic heterocycles. The monoisotopic (exact) mass is 462 g/mol. The summed E-state index contributed by atoms with van der Waals surface area (Å²) in [6.45, 7) is 0. The lowest BCUT2D eigenvalue weighted by Crippen LogP contribution is -2.29. The molecule has 4 aromatic rings. The largest absolute Gasteiger partial charge is 0.393 e. The van der Waals surface area contributed by atoms with Crippen molar-refractivity contribution >= 4 is 34.6 Å². The average Bonchev–Trinajstić information content (AvgIpc) is 3.26. The first-order valence-electron chi connectivity index (χ1n) is 11.0. The van der Waals surface area contributed by atoms with Crippen molar-refractivity contribution in [2.24, 2.45) is 0 Å². The van der Waals surface area contributed by atoms with Crippen molar-refractivity contribution in [3.05, 3.63) is 66.6 Å². The third-order valence-corrected chi connectivity index (χ3v) is 5.66. The van der Waals surface area contributed by atoms with Gasteiger partial charge >= 0.3 is 0 Å². The quantitative estimate of drug-likeness (QED) is 0.321. The van der Waals surface area contributed by atoms with Gasteiger partial charge in [-0.2, -0.15) is 4.39 Å². The molecule has 0 unspecified atom stereocenters. The molecule has 1 aliphatic carbocycles. The number of aliphatic hydroxyl groups is 1. The Bertz CT molecular complexity index is 1310. The number of nitrogens with one attached hydrogen (secondary N) is 3. The summed E-state index contributed by atoms with van der Waals surface area (Å²) in [6.07, 6.45) is 7.17. The Morgan fingerprint density at radius 2 is 1.88 bits per heavy atom. The number of imidazole rings is 1. The number of aliphatic hydroxyl groups excluding tert-OH is 1. The molecule has 4 N–H and O–H groups in total. The number of amides is 1. The standard InChI is InChI=1S/C23H23FN8O2/c24-19-11-15(8-10-25-19)29-23(34)18-13-27-22-17(30-20-3-1-2-9-26-20)12-21(31-32(18)22)28-14-4-6-16(33)7-5-14/h1-3,8-14,16,33H,4-7H2,(H,26,30)(H,28,31)(H,25,29,34). The van der Waals surface area contributed by atoms with Crippen LogP contribution < -0.4 is 16.0 Å². The van der Waals surface area contributed by atoms with Crippen LogP contribution in [0.25, 0.3) is 5.65 Å². The Hall–Kier alpha value is -4.12. The molecule has 1 saturated carbocycles. The molecular formula is C23H23FN8O2. The first kappa shape index (κ1) is 21.7. The maximum absolute atomic E-state index is 13.4. The summed E-state index contributed by atoms with van der Waals surface area (Å²) in [6, 6.07) is 10.1. The molecule has 4 aromatic heterocycles. The summed E-state index contributed by atoms with van der Waals surface area (Å²) in [5, 5.41) is 23.7. The Kier molecular flexibility index (Phi) is 6.00. The Morgan fingerprint density at radius 3 is 2.65 bits per heavy atom. The van der Waals surface area contributed by atoms with E-state index in [9.17, 15) is 14.3 Å². The molecule has 0 atom stereocenters. The van der Waals surface area contributed by atoms with E-state index in [1.807, 2.05) is 24.3 Å². The van der Waals surface area contributed by atoms with Crippen LogP contribution in [0.4, 0.5) is 27.4 Å². The molecular weight excluding hydrogens is 439 g/mol. The van der Waals surface area contributed by atoms with Gasteiger partial charge in [0.1, 0.15) is 11.6 Å². The van der Waals surface area contributed by atoms with Crippen LogP contribution in [0, 0.1) is 5.95 Å². The number of hydrogen-bond acceptors (Lipinski definition) is 8. The van der Waals surface area contributed by atoms with Crippen LogP contribution in [0.1, 0.15) is 36.2 Å². The van der Waals surface area contributed by atoms with Crippen molar-refractivity contribution in [1.82, 2.24) is 24.6 Å². The number of aromatic nitrogens is 5. The van der Waals surface area contributed by atoms with Gasteiger partial charge in [0, 0.05) is 36.3 Å². The van der Waals surface area contributed by atoms with E-state index in [4.69, 9.17) is 0 Å². The number of fused-ring (bicyclic) bond motifs is 1. The van der Waals surface area contributed by atoms with Gasteiger partial charge in [-0.25, -0.2) is 19.5 Å². The SMILES string of the molecule is O=C(Nc1ccnc(F)c1)c1cnc2c(Nc3ccccn3)cc(NC3CCC(O)CC3)nn12. The maximum Gasteiger partial charge on any atom is 0.276 e. The Morgan fingerprint density at radius 1 is 1.03 bits per heavy atom. The zero-order valence-corrected chi connectivity index (χ0v) is 18.1. The van der Waals surface area contributed by atoms with E-state index in [1.165, 1.54) is 23.0 Å². The van der Waals surface area contributed by atoms with E-state index < -0.39 is 11.9 Å². The van der Waals surface area contributed by atoms with E-state index in [-0.39, 0.29) is 23.5 Å². The van der Waals surface area contributed by atoms with Crippen LogP contribution >= 0.6 is 0 Å². The summed E-state index contributed by atoms with van der Waals surface area (Å²) in [5.74, 6) is -0.0229. The molecule has 1 fully saturated rings. The number of rotatable bonds is 6. The van der Waals surface area contributed by atoms with Crippen molar-refractivity contribution in [3.63, 3.8) is 0 Å². The third kappa shape index (κ3) is 4.79. The van der Waals surface area contributed by atoms with Crippen LogP contribution in [0.3, 0.4) is 0 Å². The number of carbonyl (C=O) groups excluding carboxylic acids is 1. The first-order valence-corrected chi connectivity index (χ1v) is 11.0. The Balaban J connectivity index is 1.49. The van der Waals surface area contributed by atoms with Crippen molar-refractivity contribution in [2.45, 2.75) is 37.8 Å². The minimum atomic E-state index is -0.694. The average molecular weight is 462 g/mol. The zero-order valence-electron chi connectivity index (χ0n) is 18.1. The Labute approximate surface area is 194 Å². The molecule has 1 amide bonds. The van der Waals surface area contributed by atoms with Gasteiger partial charge < -0.3 is 21.1 Å². The highest BCUT2D eigenvalue weighted by Gasteiger charge is 2.22. The van der Waals surface area contributed by atoms with E-state index in [2.05, 4.69) is 36.0 Å². The van der Waals surface area contributed by atoms with Crippen molar-refractivity contribution < 1.29 is 14.3 Å². The highest BCUT2D eigenvalue weighted by atomic mass is 19.1. The number of anilines is 4. The molecule has 0 bridgehead atoms. The minimum absolute atomic E-state index is 0.150. The highest BCUT2D eigenvalue weighted by Crippen LogP contribution is 2.26. The van der Waals surface area contributed by atoms with Crippen LogP contribution in [-0.2, 0) is 0 Å². The van der Waals surface area contributed by atoms with Gasteiger partial charge in [-0.05, 0) is 43.9 Å². The maximum atomic E-state index is 13.4. The summed E-state index contributed by atoms with van der Waals surface area (Å²) in [7, 11) is 0. The molecule has 174 valence electrons. The number of pyridine rings is 2. The highest BCUT2D eigenvalue weighted by molar-refractivity contribution is 6.03. The van der Waals surface area contributed by atoms with E-state index in [1.54, 1.807) is 6.20 Å². The number of nitrogens with zero attached hydrogens (tertiary/aromatic N) is 5. The van der Waals surface area contributed by atoms with Crippen molar-refractivity contribution in [1.29, 1.82) is 0 Å². The predicted molar refractivity (Wildman–Crippen MR) is 125 cm³/mol. The van der Waals surface area contributed by atoms with Gasteiger partial charge in [-0.1, -0.05) is 6.07 Å². The fourth-order valence-electron chi connectivity index (χ4n) is 3.97. The summed E-state index contributed by atoms with van der Waals surface area (Å²) < 4.78 is 14.9. The van der Waals surface area contributed by atoms with Gasteiger partial charge in [0.15, 0.2) is 11.3 Å².